The van der Waals surface area contributed by atoms with Gasteiger partial charge < -0.3 is 14.9 Å². The van der Waals surface area contributed by atoms with Crippen LogP contribution in [0.4, 0.5) is 9.18 Å². The molecule has 0 radical (unpaired) electrons. The van der Waals surface area contributed by atoms with Crippen molar-refractivity contribution >= 4 is 11.9 Å². The fourth-order valence-corrected chi connectivity index (χ4v) is 3.40. The summed E-state index contributed by atoms with van der Waals surface area (Å²) in [7, 11) is 0. The Balaban J connectivity index is 1.49. The van der Waals surface area contributed by atoms with Crippen LogP contribution in [0.1, 0.15) is 37.5 Å². The number of nitrogens with one attached hydrogen (secondary N) is 2. The topological polar surface area (TPSA) is 117 Å². The number of imide groups is 1. The van der Waals surface area contributed by atoms with Crippen molar-refractivity contribution in [2.75, 3.05) is 0 Å². The van der Waals surface area contributed by atoms with Crippen LogP contribution in [-0.4, -0.2) is 32.7 Å². The van der Waals surface area contributed by atoms with Crippen LogP contribution in [0.2, 0.25) is 0 Å². The SMILES string of the molecule is O=C1NC(=O)C2(CCC(c3nc(-c4ccc(O)c(F)c4)no3)CC2)N1. The number of halogens is 1. The van der Waals surface area contributed by atoms with Crippen LogP contribution in [-0.2, 0) is 4.79 Å². The quantitative estimate of drug-likeness (QED) is 0.714. The van der Waals surface area contributed by atoms with Crippen LogP contribution in [0, 0.1) is 5.82 Å². The molecule has 9 heteroatoms. The molecule has 3 N–H and O–H groups in total. The predicted molar refractivity (Wildman–Crippen MR) is 82.0 cm³/mol. The number of phenols is 1. The van der Waals surface area contributed by atoms with E-state index in [1.165, 1.54) is 12.1 Å². The lowest BCUT2D eigenvalue weighted by Gasteiger charge is -2.33. The molecule has 1 aliphatic carbocycles. The van der Waals surface area contributed by atoms with Crippen LogP contribution in [0.15, 0.2) is 22.7 Å². The number of carbonyl (C=O) groups is 2. The maximum absolute atomic E-state index is 13.5. The van der Waals surface area contributed by atoms with Gasteiger partial charge in [0.25, 0.3) is 5.91 Å². The molecule has 1 saturated carbocycles. The monoisotopic (exact) mass is 346 g/mol. The first-order valence-electron chi connectivity index (χ1n) is 7.93. The Morgan fingerprint density at radius 1 is 1.28 bits per heavy atom. The van der Waals surface area contributed by atoms with Gasteiger partial charge in [0.15, 0.2) is 11.6 Å². The van der Waals surface area contributed by atoms with E-state index in [-0.39, 0.29) is 17.6 Å². The lowest BCUT2D eigenvalue weighted by atomic mass is 9.76. The highest BCUT2D eigenvalue weighted by molar-refractivity contribution is 6.07. The Kier molecular flexibility index (Phi) is 3.45. The first-order chi connectivity index (χ1) is 12.0. The van der Waals surface area contributed by atoms with E-state index in [0.717, 1.165) is 6.07 Å². The van der Waals surface area contributed by atoms with Crippen molar-refractivity contribution in [3.05, 3.63) is 29.9 Å². The molecule has 1 aliphatic heterocycles. The normalized spacial score (nSPS) is 25.9. The van der Waals surface area contributed by atoms with Gasteiger partial charge in [-0.3, -0.25) is 10.1 Å². The van der Waals surface area contributed by atoms with Crippen molar-refractivity contribution in [3.63, 3.8) is 0 Å². The first-order valence-corrected chi connectivity index (χ1v) is 7.93. The molecule has 25 heavy (non-hydrogen) atoms. The molecule has 1 saturated heterocycles. The van der Waals surface area contributed by atoms with Crippen molar-refractivity contribution in [1.29, 1.82) is 0 Å². The summed E-state index contributed by atoms with van der Waals surface area (Å²) in [4.78, 5) is 27.6. The van der Waals surface area contributed by atoms with E-state index < -0.39 is 23.1 Å². The molecule has 3 amide bonds. The van der Waals surface area contributed by atoms with Crippen LogP contribution < -0.4 is 10.6 Å². The Morgan fingerprint density at radius 2 is 2.04 bits per heavy atom. The third-order valence-electron chi connectivity index (χ3n) is 4.85. The molecule has 2 fully saturated rings. The minimum atomic E-state index is -0.837. The first kappa shape index (κ1) is 15.6. The van der Waals surface area contributed by atoms with Gasteiger partial charge in [-0.15, -0.1) is 0 Å². The van der Waals surface area contributed by atoms with Crippen molar-refractivity contribution in [1.82, 2.24) is 20.8 Å². The summed E-state index contributed by atoms with van der Waals surface area (Å²) in [6.07, 6.45) is 2.19. The van der Waals surface area contributed by atoms with Gasteiger partial charge >= 0.3 is 6.03 Å². The zero-order valence-electron chi connectivity index (χ0n) is 13.1. The van der Waals surface area contributed by atoms with E-state index in [1.54, 1.807) is 0 Å². The fourth-order valence-electron chi connectivity index (χ4n) is 3.40. The molecule has 1 aromatic carbocycles. The maximum atomic E-state index is 13.5. The molecular weight excluding hydrogens is 331 g/mol. The number of rotatable bonds is 2. The molecule has 1 spiro atoms. The van der Waals surface area contributed by atoms with Crippen molar-refractivity contribution in [2.45, 2.75) is 37.1 Å². The van der Waals surface area contributed by atoms with Gasteiger partial charge in [-0.2, -0.15) is 4.98 Å². The molecule has 2 heterocycles. The number of urea groups is 1. The van der Waals surface area contributed by atoms with Gasteiger partial charge in [-0.05, 0) is 43.9 Å². The summed E-state index contributed by atoms with van der Waals surface area (Å²) in [6, 6.07) is 3.41. The van der Waals surface area contributed by atoms with Crippen molar-refractivity contribution < 1.29 is 23.6 Å². The average Bonchev–Trinajstić information content (AvgIpc) is 3.17. The molecule has 2 aliphatic rings. The summed E-state index contributed by atoms with van der Waals surface area (Å²) < 4.78 is 18.7. The minimum Gasteiger partial charge on any atom is -0.505 e. The highest BCUT2D eigenvalue weighted by Gasteiger charge is 2.48. The standard InChI is InChI=1S/C16H15FN4O4/c17-10-7-9(1-2-11(10)22)12-18-13(25-21-12)8-3-5-16(6-4-8)14(23)19-15(24)20-16/h1-2,7-8,22H,3-6H2,(H2,19,20,23,24). The lowest BCUT2D eigenvalue weighted by Crippen LogP contribution is -2.49. The van der Waals surface area contributed by atoms with Crippen LogP contribution >= 0.6 is 0 Å². The number of phenolic OH excluding ortho intramolecular Hbond substituents is 1. The molecule has 0 unspecified atom stereocenters. The Bertz CT molecular complexity index is 858. The summed E-state index contributed by atoms with van der Waals surface area (Å²) >= 11 is 0. The molecule has 130 valence electrons. The molecule has 4 rings (SSSR count). The van der Waals surface area contributed by atoms with Crippen LogP contribution in [0.25, 0.3) is 11.4 Å². The summed E-state index contributed by atoms with van der Waals surface area (Å²) in [5, 5.41) is 18.1. The third-order valence-corrected chi connectivity index (χ3v) is 4.85. The molecule has 0 bridgehead atoms. The van der Waals surface area contributed by atoms with Crippen molar-refractivity contribution in [3.8, 4) is 17.1 Å². The fraction of sp³-hybridized carbons (Fsp3) is 0.375. The maximum Gasteiger partial charge on any atom is 0.322 e. The van der Waals surface area contributed by atoms with E-state index in [9.17, 15) is 19.1 Å². The van der Waals surface area contributed by atoms with E-state index in [4.69, 9.17) is 4.52 Å². The van der Waals surface area contributed by atoms with E-state index in [2.05, 4.69) is 20.8 Å². The van der Waals surface area contributed by atoms with Gasteiger partial charge in [0.2, 0.25) is 11.7 Å². The number of carbonyl (C=O) groups excluding carboxylic acids is 2. The lowest BCUT2D eigenvalue weighted by molar-refractivity contribution is -0.125. The van der Waals surface area contributed by atoms with Crippen LogP contribution in [0.5, 0.6) is 5.75 Å². The second kappa shape index (κ2) is 5.54. The van der Waals surface area contributed by atoms with Gasteiger partial charge in [0.1, 0.15) is 5.54 Å². The zero-order chi connectivity index (χ0) is 17.6. The number of aromatic hydroxyl groups is 1. The average molecular weight is 346 g/mol. The molecular formula is C16H15FN4O4. The Hall–Kier alpha value is -2.97. The predicted octanol–water partition coefficient (Wildman–Crippen LogP) is 1.82. The van der Waals surface area contributed by atoms with Gasteiger partial charge in [0, 0.05) is 11.5 Å². The molecule has 2 aromatic rings. The number of amides is 3. The van der Waals surface area contributed by atoms with E-state index in [0.29, 0.717) is 37.1 Å². The third kappa shape index (κ3) is 2.61. The zero-order valence-corrected chi connectivity index (χ0v) is 13.1. The number of benzene rings is 1. The van der Waals surface area contributed by atoms with E-state index >= 15 is 0 Å². The minimum absolute atomic E-state index is 0.0286. The summed E-state index contributed by atoms with van der Waals surface area (Å²) in [5.41, 5.74) is -0.434. The molecule has 8 nitrogen and oxygen atoms in total. The second-order valence-corrected chi connectivity index (χ2v) is 6.39. The molecule has 0 atom stereocenters. The number of nitrogens with zero attached hydrogens (tertiary/aromatic N) is 2. The van der Waals surface area contributed by atoms with Crippen LogP contribution in [0.3, 0.4) is 0 Å². The van der Waals surface area contributed by atoms with Gasteiger partial charge in [-0.1, -0.05) is 5.16 Å². The summed E-state index contributed by atoms with van der Waals surface area (Å²) in [6.45, 7) is 0. The number of hydrogen-bond donors (Lipinski definition) is 3. The number of hydrogen-bond acceptors (Lipinski definition) is 6. The Labute approximate surface area is 141 Å². The van der Waals surface area contributed by atoms with Gasteiger partial charge in [-0.25, -0.2) is 9.18 Å². The smallest absolute Gasteiger partial charge is 0.322 e. The Morgan fingerprint density at radius 3 is 2.68 bits per heavy atom. The number of aromatic nitrogens is 2. The highest BCUT2D eigenvalue weighted by atomic mass is 19.1. The molecule has 1 aromatic heterocycles. The van der Waals surface area contributed by atoms with Gasteiger partial charge in [0.05, 0.1) is 0 Å². The highest BCUT2D eigenvalue weighted by Crippen LogP contribution is 2.39. The second-order valence-electron chi connectivity index (χ2n) is 6.39. The van der Waals surface area contributed by atoms with Crippen molar-refractivity contribution in [2.24, 2.45) is 0 Å². The largest absolute Gasteiger partial charge is 0.505 e. The van der Waals surface area contributed by atoms with E-state index in [1.807, 2.05) is 0 Å². The summed E-state index contributed by atoms with van der Waals surface area (Å²) in [5.74, 6) is -0.863.